The highest BCUT2D eigenvalue weighted by Gasteiger charge is 2.24. The Hall–Kier alpha value is -1.44. The molecule has 1 aliphatic heterocycles. The van der Waals surface area contributed by atoms with Crippen LogP contribution < -0.4 is 4.90 Å². The van der Waals surface area contributed by atoms with Crippen LogP contribution in [0.5, 0.6) is 0 Å². The third-order valence-corrected chi connectivity index (χ3v) is 4.76. The van der Waals surface area contributed by atoms with Crippen molar-refractivity contribution < 1.29 is 9.50 Å². The minimum atomic E-state index is -0.288. The molecule has 1 aromatic carbocycles. The van der Waals surface area contributed by atoms with Crippen LogP contribution in [0.4, 0.5) is 10.1 Å². The fourth-order valence-electron chi connectivity index (χ4n) is 2.79. The van der Waals surface area contributed by atoms with E-state index in [9.17, 15) is 9.50 Å². The molecule has 2 heterocycles. The molecule has 0 aliphatic carbocycles. The van der Waals surface area contributed by atoms with Crippen LogP contribution in [0.2, 0.25) is 5.02 Å². The summed E-state index contributed by atoms with van der Waals surface area (Å²) in [6.45, 7) is 0.845. The number of halogens is 2. The van der Waals surface area contributed by atoms with Crippen molar-refractivity contribution in [3.05, 3.63) is 39.1 Å². The number of hydrogen-bond donors (Lipinski definition) is 1. The lowest BCUT2D eigenvalue weighted by Gasteiger charge is -2.31. The first kappa shape index (κ1) is 15.5. The predicted molar refractivity (Wildman–Crippen MR) is 85.0 cm³/mol. The van der Waals surface area contributed by atoms with E-state index in [-0.39, 0.29) is 12.4 Å². The molecule has 3 rings (SSSR count). The molecule has 8 heteroatoms. The van der Waals surface area contributed by atoms with Crippen LogP contribution in [-0.2, 0) is 26.7 Å². The molecule has 22 heavy (non-hydrogen) atoms. The van der Waals surface area contributed by atoms with Gasteiger partial charge in [0, 0.05) is 18.6 Å². The van der Waals surface area contributed by atoms with E-state index in [4.69, 9.17) is 23.8 Å². The Morgan fingerprint density at radius 1 is 1.45 bits per heavy atom. The molecule has 0 unspecified atom stereocenters. The molecule has 1 N–H and O–H groups in total. The summed E-state index contributed by atoms with van der Waals surface area (Å²) >= 11 is 11.5. The Morgan fingerprint density at radius 2 is 2.23 bits per heavy atom. The number of rotatable bonds is 3. The van der Waals surface area contributed by atoms with Gasteiger partial charge in [0.05, 0.1) is 5.69 Å². The molecule has 0 atom stereocenters. The van der Waals surface area contributed by atoms with Gasteiger partial charge >= 0.3 is 0 Å². The largest absolute Gasteiger partial charge is 0.388 e. The number of benzene rings is 1. The zero-order chi connectivity index (χ0) is 15.9. The third-order valence-electron chi connectivity index (χ3n) is 3.92. The fourth-order valence-corrected chi connectivity index (χ4v) is 3.24. The molecule has 0 bridgehead atoms. The van der Waals surface area contributed by atoms with Crippen molar-refractivity contribution in [2.45, 2.75) is 26.1 Å². The highest BCUT2D eigenvalue weighted by atomic mass is 35.5. The lowest BCUT2D eigenvalue weighted by atomic mass is 10.0. The van der Waals surface area contributed by atoms with Crippen LogP contribution in [0.3, 0.4) is 0 Å². The summed E-state index contributed by atoms with van der Waals surface area (Å²) in [5.41, 5.74) is 1.36. The Balaban J connectivity index is 1.99. The van der Waals surface area contributed by atoms with Gasteiger partial charge in [0.25, 0.3) is 0 Å². The molecule has 0 amide bonds. The summed E-state index contributed by atoms with van der Waals surface area (Å²) < 4.78 is 18.0. The average Bonchev–Trinajstić information content (AvgIpc) is 2.79. The number of nitrogens with zero attached hydrogens (tertiary/aromatic N) is 4. The summed E-state index contributed by atoms with van der Waals surface area (Å²) in [4.78, 5) is 1.89. The number of aliphatic hydroxyl groups excluding tert-OH is 1. The summed E-state index contributed by atoms with van der Waals surface area (Å²) in [6, 6.07) is 2.98. The molecule has 0 radical (unpaired) electrons. The monoisotopic (exact) mass is 342 g/mol. The molecule has 2 aromatic rings. The number of fused-ring (bicyclic) bond motifs is 1. The zero-order valence-electron chi connectivity index (χ0n) is 12.1. The van der Waals surface area contributed by atoms with Crippen molar-refractivity contribution in [3.63, 3.8) is 0 Å². The van der Waals surface area contributed by atoms with Crippen molar-refractivity contribution >= 4 is 29.5 Å². The van der Waals surface area contributed by atoms with E-state index in [1.54, 1.807) is 22.4 Å². The van der Waals surface area contributed by atoms with E-state index in [0.29, 0.717) is 34.5 Å². The van der Waals surface area contributed by atoms with Crippen LogP contribution in [0.1, 0.15) is 17.8 Å². The van der Waals surface area contributed by atoms with Crippen molar-refractivity contribution in [1.29, 1.82) is 0 Å². The second kappa shape index (κ2) is 5.98. The van der Waals surface area contributed by atoms with Crippen molar-refractivity contribution in [1.82, 2.24) is 14.3 Å². The first-order valence-corrected chi connectivity index (χ1v) is 7.77. The molecule has 5 nitrogen and oxygen atoms in total. The van der Waals surface area contributed by atoms with Crippen LogP contribution in [0.25, 0.3) is 0 Å². The maximum atomic E-state index is 14.3. The van der Waals surface area contributed by atoms with Gasteiger partial charge in [-0.3, -0.25) is 0 Å². The molecule has 0 saturated heterocycles. The van der Waals surface area contributed by atoms with Gasteiger partial charge in [0.1, 0.15) is 19.1 Å². The first-order chi connectivity index (χ1) is 10.5. The molecule has 0 fully saturated rings. The normalized spacial score (nSPS) is 14.3. The van der Waals surface area contributed by atoms with Gasteiger partial charge in [0.15, 0.2) is 10.6 Å². The fraction of sp³-hybridized carbons (Fsp3) is 0.429. The number of anilines is 1. The van der Waals surface area contributed by atoms with Gasteiger partial charge in [-0.2, -0.15) is 5.10 Å². The molecule has 1 aliphatic rings. The smallest absolute Gasteiger partial charge is 0.199 e. The van der Waals surface area contributed by atoms with Crippen molar-refractivity contribution in [2.24, 2.45) is 7.05 Å². The average molecular weight is 343 g/mol. The molecule has 1 aromatic heterocycles. The highest BCUT2D eigenvalue weighted by molar-refractivity contribution is 7.71. The minimum Gasteiger partial charge on any atom is -0.388 e. The Morgan fingerprint density at radius 3 is 2.91 bits per heavy atom. The SMILES string of the molecule is Cn1c(CO)nn(CN2CCCc3c(Cl)ccc(F)c32)c1=S. The third kappa shape index (κ3) is 2.53. The second-order valence-electron chi connectivity index (χ2n) is 5.28. The highest BCUT2D eigenvalue weighted by Crippen LogP contribution is 2.35. The zero-order valence-corrected chi connectivity index (χ0v) is 13.7. The minimum absolute atomic E-state index is 0.191. The number of hydrogen-bond acceptors (Lipinski definition) is 4. The standard InChI is InChI=1S/C14H16ClFN4OS/c1-18-12(7-21)17-20(14(18)22)8-19-6-2-3-9-10(15)4-5-11(16)13(9)19/h4-5,21H,2-3,6-8H2,1H3. The molecular formula is C14H16ClFN4OS. The van der Waals surface area contributed by atoms with Gasteiger partial charge in [-0.15, -0.1) is 0 Å². The summed E-state index contributed by atoms with van der Waals surface area (Å²) in [7, 11) is 1.75. The number of aromatic nitrogens is 3. The van der Waals surface area contributed by atoms with E-state index >= 15 is 0 Å². The molecule has 118 valence electrons. The summed E-state index contributed by atoms with van der Waals surface area (Å²) in [6.07, 6.45) is 1.65. The topological polar surface area (TPSA) is 46.2 Å². The van der Waals surface area contributed by atoms with Gasteiger partial charge < -0.3 is 14.6 Å². The van der Waals surface area contributed by atoms with Crippen LogP contribution in [-0.4, -0.2) is 26.0 Å². The second-order valence-corrected chi connectivity index (χ2v) is 6.05. The summed E-state index contributed by atoms with van der Waals surface area (Å²) in [5, 5.41) is 14.1. The lowest BCUT2D eigenvalue weighted by Crippen LogP contribution is -2.33. The maximum Gasteiger partial charge on any atom is 0.199 e. The van der Waals surface area contributed by atoms with Crippen LogP contribution >= 0.6 is 23.8 Å². The number of aliphatic hydroxyl groups is 1. The van der Waals surface area contributed by atoms with E-state index in [1.165, 1.54) is 6.07 Å². The van der Waals surface area contributed by atoms with Gasteiger partial charge in [0.2, 0.25) is 0 Å². The van der Waals surface area contributed by atoms with E-state index < -0.39 is 0 Å². The van der Waals surface area contributed by atoms with Gasteiger partial charge in [-0.25, -0.2) is 9.07 Å². The maximum absolute atomic E-state index is 14.3. The quantitative estimate of drug-likeness (QED) is 0.871. The Bertz CT molecular complexity index is 773. The van der Waals surface area contributed by atoms with Crippen molar-refractivity contribution in [2.75, 3.05) is 11.4 Å². The molecular weight excluding hydrogens is 327 g/mol. The predicted octanol–water partition coefficient (Wildman–Crippen LogP) is 2.65. The summed E-state index contributed by atoms with van der Waals surface area (Å²) in [5.74, 6) is 0.192. The van der Waals surface area contributed by atoms with E-state index in [2.05, 4.69) is 5.10 Å². The lowest BCUT2D eigenvalue weighted by molar-refractivity contribution is 0.265. The van der Waals surface area contributed by atoms with Crippen LogP contribution in [0.15, 0.2) is 12.1 Å². The van der Waals surface area contributed by atoms with Crippen molar-refractivity contribution in [3.8, 4) is 0 Å². The van der Waals surface area contributed by atoms with Gasteiger partial charge in [-0.1, -0.05) is 11.6 Å². The Labute approximate surface area is 137 Å². The van der Waals surface area contributed by atoms with E-state index in [0.717, 1.165) is 18.4 Å². The van der Waals surface area contributed by atoms with Gasteiger partial charge in [-0.05, 0) is 42.8 Å². The Kier molecular flexibility index (Phi) is 4.20. The van der Waals surface area contributed by atoms with Crippen LogP contribution in [0, 0.1) is 10.6 Å². The molecule has 0 saturated carbocycles. The van der Waals surface area contributed by atoms with E-state index in [1.807, 2.05) is 4.90 Å². The first-order valence-electron chi connectivity index (χ1n) is 6.98. The molecule has 0 spiro atoms.